The van der Waals surface area contributed by atoms with Crippen LogP contribution in [-0.4, -0.2) is 57.6 Å². The highest BCUT2D eigenvalue weighted by Gasteiger charge is 2.36. The summed E-state index contributed by atoms with van der Waals surface area (Å²) >= 11 is 6.19. The van der Waals surface area contributed by atoms with Crippen molar-refractivity contribution in [2.45, 2.75) is 12.3 Å². The van der Waals surface area contributed by atoms with Crippen LogP contribution in [0.25, 0.3) is 0 Å². The van der Waals surface area contributed by atoms with Crippen LogP contribution >= 0.6 is 11.6 Å². The second kappa shape index (κ2) is 7.47. The molecule has 0 spiro atoms. The van der Waals surface area contributed by atoms with E-state index >= 15 is 0 Å². The lowest BCUT2D eigenvalue weighted by molar-refractivity contribution is 0.104. The van der Waals surface area contributed by atoms with Crippen LogP contribution < -0.4 is 4.74 Å². The van der Waals surface area contributed by atoms with Crippen LogP contribution in [0.4, 0.5) is 4.79 Å². The van der Waals surface area contributed by atoms with E-state index in [0.717, 1.165) is 6.26 Å². The fourth-order valence-electron chi connectivity index (χ4n) is 2.76. The molecular weight excluding hydrogens is 372 g/mol. The number of likely N-dealkylation sites (tertiary alicyclic amines) is 1. The summed E-state index contributed by atoms with van der Waals surface area (Å²) in [5.74, 6) is 0.196. The summed E-state index contributed by atoms with van der Waals surface area (Å²) in [6.07, 6.45) is 0.137. The van der Waals surface area contributed by atoms with Gasteiger partial charge in [0.1, 0.15) is 11.8 Å². The summed E-state index contributed by atoms with van der Waals surface area (Å²) in [6.45, 7) is 0.378. The normalized spacial score (nSPS) is 14.7. The lowest BCUT2D eigenvalue weighted by Gasteiger charge is -2.38. The molecule has 0 radical (unpaired) electrons. The third-order valence-electron chi connectivity index (χ3n) is 3.89. The molecule has 0 saturated carbocycles. The average Bonchev–Trinajstić information content (AvgIpc) is 2.44. The second-order valence-electron chi connectivity index (χ2n) is 5.61. The van der Waals surface area contributed by atoms with Gasteiger partial charge < -0.3 is 14.7 Å². The quantitative estimate of drug-likeness (QED) is 0.738. The van der Waals surface area contributed by atoms with Crippen LogP contribution in [0, 0.1) is 11.3 Å². The maximum Gasteiger partial charge on any atom is 0.407 e. The van der Waals surface area contributed by atoms with Gasteiger partial charge in [-0.15, -0.1) is 0 Å². The minimum atomic E-state index is -3.57. The molecule has 0 bridgehead atoms. The summed E-state index contributed by atoms with van der Waals surface area (Å²) in [7, 11) is -2.14. The van der Waals surface area contributed by atoms with E-state index in [1.807, 2.05) is 6.07 Å². The van der Waals surface area contributed by atoms with E-state index in [2.05, 4.69) is 0 Å². The summed E-state index contributed by atoms with van der Waals surface area (Å²) in [6, 6.07) is 3.58. The highest BCUT2D eigenvalue weighted by Crippen LogP contribution is 2.41. The smallest absolute Gasteiger partial charge is 0.407 e. The first-order chi connectivity index (χ1) is 11.7. The molecule has 0 atom stereocenters. The Kier molecular flexibility index (Phi) is 5.77. The molecule has 0 aliphatic carbocycles. The zero-order chi connectivity index (χ0) is 18.8. The van der Waals surface area contributed by atoms with Crippen molar-refractivity contribution in [2.75, 3.05) is 33.1 Å². The van der Waals surface area contributed by atoms with E-state index in [0.29, 0.717) is 16.9 Å². The molecule has 25 heavy (non-hydrogen) atoms. The molecule has 136 valence electrons. The van der Waals surface area contributed by atoms with Gasteiger partial charge in [0.25, 0.3) is 10.1 Å². The zero-order valence-electron chi connectivity index (χ0n) is 13.7. The molecular formula is C15H17ClN2O6S. The molecule has 1 amide bonds. The van der Waals surface area contributed by atoms with Gasteiger partial charge in [-0.25, -0.2) is 4.79 Å². The van der Waals surface area contributed by atoms with Crippen molar-refractivity contribution in [3.63, 3.8) is 0 Å². The molecule has 8 nitrogen and oxygen atoms in total. The molecule has 2 rings (SSSR count). The van der Waals surface area contributed by atoms with Crippen LogP contribution in [-0.2, 0) is 20.7 Å². The van der Waals surface area contributed by atoms with Crippen LogP contribution in [0.15, 0.2) is 6.07 Å². The van der Waals surface area contributed by atoms with Crippen LogP contribution in [0.1, 0.15) is 22.6 Å². The predicted octanol–water partition coefficient (Wildman–Crippen LogP) is 1.82. The van der Waals surface area contributed by atoms with Gasteiger partial charge in [0.15, 0.2) is 0 Å². The van der Waals surface area contributed by atoms with E-state index in [1.165, 1.54) is 12.0 Å². The fourth-order valence-corrected chi connectivity index (χ4v) is 3.42. The van der Waals surface area contributed by atoms with E-state index in [9.17, 15) is 18.5 Å². The highest BCUT2D eigenvalue weighted by molar-refractivity contribution is 7.85. The van der Waals surface area contributed by atoms with E-state index in [-0.39, 0.29) is 42.6 Å². The third kappa shape index (κ3) is 4.34. The first-order valence-corrected chi connectivity index (χ1v) is 9.49. The minimum Gasteiger partial charge on any atom is -0.496 e. The summed E-state index contributed by atoms with van der Waals surface area (Å²) < 4.78 is 32.3. The fraction of sp³-hybridized carbons (Fsp3) is 0.467. The van der Waals surface area contributed by atoms with Crippen molar-refractivity contribution in [3.8, 4) is 11.8 Å². The first kappa shape index (κ1) is 19.3. The Morgan fingerprint density at radius 3 is 2.64 bits per heavy atom. The number of benzene rings is 1. The van der Waals surface area contributed by atoms with Gasteiger partial charge in [-0.2, -0.15) is 13.7 Å². The number of nitrogens with zero attached hydrogens (tertiary/aromatic N) is 2. The second-order valence-corrected chi connectivity index (χ2v) is 7.66. The molecule has 10 heteroatoms. The van der Waals surface area contributed by atoms with Crippen LogP contribution in [0.5, 0.6) is 5.75 Å². The Morgan fingerprint density at radius 1 is 1.52 bits per heavy atom. The highest BCUT2D eigenvalue weighted by atomic mass is 35.5. The number of carbonyl (C=O) groups is 1. The maximum absolute atomic E-state index is 11.1. The minimum absolute atomic E-state index is 0.0945. The maximum atomic E-state index is 11.1. The third-order valence-corrected chi connectivity index (χ3v) is 4.78. The van der Waals surface area contributed by atoms with Crippen molar-refractivity contribution < 1.29 is 27.2 Å². The lowest BCUT2D eigenvalue weighted by atomic mass is 9.86. The average molecular weight is 389 g/mol. The summed E-state index contributed by atoms with van der Waals surface area (Å²) in [5.41, 5.74) is 1.38. The number of hydrogen-bond donors (Lipinski definition) is 1. The monoisotopic (exact) mass is 388 g/mol. The molecule has 1 aliphatic rings. The number of amides is 1. The Labute approximate surface area is 150 Å². The zero-order valence-corrected chi connectivity index (χ0v) is 15.2. The topological polar surface area (TPSA) is 117 Å². The van der Waals surface area contributed by atoms with Gasteiger partial charge >= 0.3 is 6.09 Å². The molecule has 1 saturated heterocycles. The number of ether oxygens (including phenoxy) is 1. The number of halogens is 1. The Morgan fingerprint density at radius 2 is 2.16 bits per heavy atom. The summed E-state index contributed by atoms with van der Waals surface area (Å²) in [4.78, 5) is 12.2. The molecule has 1 aromatic carbocycles. The van der Waals surface area contributed by atoms with Crippen molar-refractivity contribution >= 4 is 27.8 Å². The van der Waals surface area contributed by atoms with Crippen molar-refractivity contribution in [1.82, 2.24) is 4.90 Å². The lowest BCUT2D eigenvalue weighted by Crippen LogP contribution is -2.48. The largest absolute Gasteiger partial charge is 0.496 e. The van der Waals surface area contributed by atoms with Crippen molar-refractivity contribution in [3.05, 3.63) is 27.8 Å². The number of carboxylic acid groups (broad SMARTS) is 1. The number of nitriles is 1. The van der Waals surface area contributed by atoms with Gasteiger partial charge in [0.2, 0.25) is 0 Å². The van der Waals surface area contributed by atoms with Crippen LogP contribution in [0.3, 0.4) is 0 Å². The molecule has 1 fully saturated rings. The Hall–Kier alpha value is -2.02. The van der Waals surface area contributed by atoms with E-state index in [4.69, 9.17) is 25.6 Å². The number of methoxy groups -OCH3 is 1. The SMILES string of the molecule is COc1c(CCOS(C)(=O)=O)cc(Cl)c(C#N)c1C1CN(C(=O)O)C1. The number of rotatable bonds is 6. The van der Waals surface area contributed by atoms with Crippen molar-refractivity contribution in [2.24, 2.45) is 0 Å². The van der Waals surface area contributed by atoms with Gasteiger partial charge in [-0.3, -0.25) is 4.18 Å². The predicted molar refractivity (Wildman–Crippen MR) is 89.6 cm³/mol. The van der Waals surface area contributed by atoms with Gasteiger partial charge in [0.05, 0.1) is 30.6 Å². The molecule has 1 aliphatic heterocycles. The molecule has 1 heterocycles. The summed E-state index contributed by atoms with van der Waals surface area (Å²) in [5, 5.41) is 18.6. The van der Waals surface area contributed by atoms with E-state index < -0.39 is 16.2 Å². The Balaban J connectivity index is 2.36. The van der Waals surface area contributed by atoms with Gasteiger partial charge in [-0.1, -0.05) is 11.6 Å². The first-order valence-electron chi connectivity index (χ1n) is 7.29. The van der Waals surface area contributed by atoms with Crippen LogP contribution in [0.2, 0.25) is 5.02 Å². The van der Waals surface area contributed by atoms with Gasteiger partial charge in [-0.05, 0) is 11.6 Å². The molecule has 0 aromatic heterocycles. The molecule has 1 aromatic rings. The molecule has 0 unspecified atom stereocenters. The standard InChI is InChI=1S/C15H17ClN2O6S/c1-23-14-9(3-4-24-25(2,21)22)5-12(16)11(6-17)13(14)10-7-18(8-10)15(19)20/h5,10H,3-4,7-8H2,1-2H3,(H,19,20). The van der Waals surface area contributed by atoms with E-state index in [1.54, 1.807) is 6.07 Å². The Bertz CT molecular complexity index is 827. The number of hydrogen-bond acceptors (Lipinski definition) is 6. The molecule has 1 N–H and O–H groups in total. The van der Waals surface area contributed by atoms with Gasteiger partial charge in [0, 0.05) is 31.0 Å². The van der Waals surface area contributed by atoms with Crippen molar-refractivity contribution in [1.29, 1.82) is 5.26 Å².